The van der Waals surface area contributed by atoms with E-state index in [2.05, 4.69) is 9.97 Å². The van der Waals surface area contributed by atoms with Crippen molar-refractivity contribution >= 4 is 28.3 Å². The minimum atomic E-state index is -0.764. The van der Waals surface area contributed by atoms with E-state index in [1.807, 2.05) is 6.92 Å². The van der Waals surface area contributed by atoms with E-state index in [1.54, 1.807) is 24.3 Å². The van der Waals surface area contributed by atoms with Crippen molar-refractivity contribution < 1.29 is 4.79 Å². The predicted molar refractivity (Wildman–Crippen MR) is 110 cm³/mol. The van der Waals surface area contributed by atoms with Crippen molar-refractivity contribution in [2.75, 3.05) is 17.7 Å². The first kappa shape index (κ1) is 20.1. The zero-order valence-corrected chi connectivity index (χ0v) is 16.2. The predicted octanol–water partition coefficient (Wildman–Crippen LogP) is 0.292. The number of unbranched alkanes of at least 4 members (excludes halogenated alkanes) is 1. The van der Waals surface area contributed by atoms with Crippen LogP contribution in [0.5, 0.6) is 0 Å². The lowest BCUT2D eigenvalue weighted by Crippen LogP contribution is -2.41. The van der Waals surface area contributed by atoms with Crippen molar-refractivity contribution in [3.8, 4) is 0 Å². The third-order valence-electron chi connectivity index (χ3n) is 4.70. The molecule has 0 bridgehead atoms. The summed E-state index contributed by atoms with van der Waals surface area (Å²) < 4.78 is 2.40. The Morgan fingerprint density at radius 1 is 1.24 bits per heavy atom. The average Bonchev–Trinajstić information content (AvgIpc) is 2.69. The van der Waals surface area contributed by atoms with Crippen LogP contribution < -0.4 is 27.4 Å². The number of para-hydroxylation sites is 1. The molecule has 0 saturated heterocycles. The maximum Gasteiger partial charge on any atom is 0.330 e. The number of carbonyl (C=O) groups excluding carboxylic acids is 1. The third-order valence-corrected chi connectivity index (χ3v) is 4.70. The molecule has 152 valence electrons. The highest BCUT2D eigenvalue weighted by atomic mass is 16.2. The number of H-pyrrole nitrogens is 1. The van der Waals surface area contributed by atoms with Crippen molar-refractivity contribution in [1.82, 2.24) is 19.1 Å². The largest absolute Gasteiger partial charge is 0.383 e. The molecule has 3 rings (SSSR count). The number of benzene rings is 1. The lowest BCUT2D eigenvalue weighted by Gasteiger charge is -2.20. The van der Waals surface area contributed by atoms with E-state index >= 15 is 0 Å². The number of fused-ring (bicyclic) bond motifs is 1. The number of nitrogen functional groups attached to an aromatic ring is 1. The van der Waals surface area contributed by atoms with Crippen LogP contribution in [0.2, 0.25) is 0 Å². The Labute approximate surface area is 165 Å². The fourth-order valence-electron chi connectivity index (χ4n) is 3.03. The number of hydrogen-bond donors (Lipinski definition) is 2. The molecule has 3 aromatic rings. The van der Waals surface area contributed by atoms with Gasteiger partial charge >= 0.3 is 5.69 Å². The zero-order valence-electron chi connectivity index (χ0n) is 16.2. The summed E-state index contributed by atoms with van der Waals surface area (Å²) in [6, 6.07) is 6.81. The minimum absolute atomic E-state index is 0.0907. The Hall–Kier alpha value is -3.69. The van der Waals surface area contributed by atoms with Gasteiger partial charge in [-0.2, -0.15) is 0 Å². The van der Waals surface area contributed by atoms with Gasteiger partial charge in [-0.05, 0) is 18.6 Å². The minimum Gasteiger partial charge on any atom is -0.383 e. The van der Waals surface area contributed by atoms with Crippen molar-refractivity contribution in [2.24, 2.45) is 0 Å². The van der Waals surface area contributed by atoms with Crippen molar-refractivity contribution in [3.63, 3.8) is 0 Å². The van der Waals surface area contributed by atoms with E-state index < -0.39 is 17.2 Å². The van der Waals surface area contributed by atoms with Gasteiger partial charge in [0, 0.05) is 13.6 Å². The molecule has 1 aromatic carbocycles. The molecule has 0 spiro atoms. The third kappa shape index (κ3) is 3.82. The smallest absolute Gasteiger partial charge is 0.330 e. The second-order valence-electron chi connectivity index (χ2n) is 6.65. The van der Waals surface area contributed by atoms with E-state index in [0.29, 0.717) is 23.9 Å². The maximum atomic E-state index is 12.8. The molecular weight excluding hydrogens is 376 g/mol. The molecule has 0 atom stereocenters. The summed E-state index contributed by atoms with van der Waals surface area (Å²) >= 11 is 0. The first-order valence-electron chi connectivity index (χ1n) is 9.18. The molecule has 10 heteroatoms. The van der Waals surface area contributed by atoms with Gasteiger partial charge in [0.2, 0.25) is 5.91 Å². The van der Waals surface area contributed by atoms with Crippen molar-refractivity contribution in [1.29, 1.82) is 0 Å². The first-order chi connectivity index (χ1) is 13.8. The number of rotatable bonds is 6. The number of carbonyl (C=O) groups is 1. The van der Waals surface area contributed by atoms with Crippen LogP contribution in [-0.2, 0) is 17.9 Å². The molecule has 2 aromatic heterocycles. The molecule has 0 radical (unpaired) electrons. The lowest BCUT2D eigenvalue weighted by atomic mass is 10.2. The van der Waals surface area contributed by atoms with E-state index in [0.717, 1.165) is 11.3 Å². The number of nitrogens with zero attached hydrogens (tertiary/aromatic N) is 4. The van der Waals surface area contributed by atoms with Crippen LogP contribution in [0.3, 0.4) is 0 Å². The molecule has 0 fully saturated rings. The Morgan fingerprint density at radius 2 is 1.97 bits per heavy atom. The number of nitrogens with one attached hydrogen (secondary N) is 1. The average molecular weight is 398 g/mol. The van der Waals surface area contributed by atoms with E-state index in [4.69, 9.17) is 5.73 Å². The molecule has 0 aliphatic carbocycles. The summed E-state index contributed by atoms with van der Waals surface area (Å²) in [7, 11) is 1.37. The van der Waals surface area contributed by atoms with Gasteiger partial charge in [-0.3, -0.25) is 28.5 Å². The molecule has 0 saturated carbocycles. The number of hydrogen-bond acceptors (Lipinski definition) is 6. The molecule has 2 heterocycles. The number of likely N-dealkylation sites (N-methyl/N-ethyl adjacent to an activating group) is 1. The first-order valence-corrected chi connectivity index (χ1v) is 9.18. The maximum absolute atomic E-state index is 12.8. The quantitative estimate of drug-likeness (QED) is 0.613. The van der Waals surface area contributed by atoms with Gasteiger partial charge in [0.15, 0.2) is 5.69 Å². The van der Waals surface area contributed by atoms with Gasteiger partial charge in [-0.25, -0.2) is 9.78 Å². The number of amides is 1. The Bertz CT molecular complexity index is 1240. The van der Waals surface area contributed by atoms with Crippen LogP contribution in [0, 0.1) is 0 Å². The summed E-state index contributed by atoms with van der Waals surface area (Å²) in [5.74, 6) is -0.644. The highest BCUT2D eigenvalue weighted by Crippen LogP contribution is 2.16. The van der Waals surface area contributed by atoms with Gasteiger partial charge < -0.3 is 10.6 Å². The van der Waals surface area contributed by atoms with Crippen molar-refractivity contribution in [2.45, 2.75) is 32.9 Å². The summed E-state index contributed by atoms with van der Waals surface area (Å²) in [4.78, 5) is 57.1. The topological polar surface area (TPSA) is 136 Å². The molecule has 0 aliphatic rings. The van der Waals surface area contributed by atoms with Crippen LogP contribution >= 0.6 is 0 Å². The second-order valence-corrected chi connectivity index (χ2v) is 6.65. The fraction of sp³-hybridized carbons (Fsp3) is 0.316. The van der Waals surface area contributed by atoms with Crippen LogP contribution in [0.15, 0.2) is 45.0 Å². The molecule has 29 heavy (non-hydrogen) atoms. The molecular formula is C19H22N6O4. The van der Waals surface area contributed by atoms with Gasteiger partial charge in [-0.15, -0.1) is 0 Å². The van der Waals surface area contributed by atoms with E-state index in [1.165, 1.54) is 22.5 Å². The molecule has 0 aliphatic heterocycles. The summed E-state index contributed by atoms with van der Waals surface area (Å²) in [6.45, 7) is 1.94. The Morgan fingerprint density at radius 3 is 2.69 bits per heavy atom. The zero-order chi connectivity index (χ0) is 21.1. The van der Waals surface area contributed by atoms with Crippen LogP contribution in [0.25, 0.3) is 10.9 Å². The van der Waals surface area contributed by atoms with Crippen LogP contribution in [0.4, 0.5) is 11.5 Å². The standard InChI is InChI=1S/C19H22N6O4/c1-3-4-9-25-16(20)15(17(27)22-19(25)29)23(2)14(26)10-24-11-21-13-8-6-5-7-12(13)18(24)28/h5-8,11H,3-4,9-10,20H2,1-2H3,(H,22,27,29). The summed E-state index contributed by atoms with van der Waals surface area (Å²) in [6.07, 6.45) is 2.80. The summed E-state index contributed by atoms with van der Waals surface area (Å²) in [5, 5.41) is 0.385. The lowest BCUT2D eigenvalue weighted by molar-refractivity contribution is -0.118. The van der Waals surface area contributed by atoms with Crippen molar-refractivity contribution in [3.05, 3.63) is 61.8 Å². The van der Waals surface area contributed by atoms with Crippen LogP contribution in [0.1, 0.15) is 19.8 Å². The van der Waals surface area contributed by atoms with Gasteiger partial charge in [0.1, 0.15) is 12.4 Å². The van der Waals surface area contributed by atoms with E-state index in [-0.39, 0.29) is 23.6 Å². The van der Waals surface area contributed by atoms with Gasteiger partial charge in [0.25, 0.3) is 11.1 Å². The fourth-order valence-corrected chi connectivity index (χ4v) is 3.03. The molecule has 10 nitrogen and oxygen atoms in total. The summed E-state index contributed by atoms with van der Waals surface area (Å²) in [5.41, 5.74) is 4.67. The number of anilines is 2. The highest BCUT2D eigenvalue weighted by molar-refractivity contribution is 5.95. The monoisotopic (exact) mass is 398 g/mol. The number of aromatic nitrogens is 4. The SMILES string of the molecule is CCCCn1c(N)c(N(C)C(=O)Cn2cnc3ccccc3c2=O)c(=O)[nH]c1=O. The molecule has 1 amide bonds. The normalized spacial score (nSPS) is 11.0. The van der Waals surface area contributed by atoms with Gasteiger partial charge in [-0.1, -0.05) is 25.5 Å². The van der Waals surface area contributed by atoms with E-state index in [9.17, 15) is 19.2 Å². The molecule has 3 N–H and O–H groups in total. The van der Waals surface area contributed by atoms with Crippen LogP contribution in [-0.4, -0.2) is 32.1 Å². The number of nitrogens with two attached hydrogens (primary N) is 1. The second kappa shape index (κ2) is 8.13. The highest BCUT2D eigenvalue weighted by Gasteiger charge is 2.21. The number of aromatic amines is 1. The Balaban J connectivity index is 1.95. The molecule has 0 unspecified atom stereocenters. The Kier molecular flexibility index (Phi) is 5.62. The van der Waals surface area contributed by atoms with Gasteiger partial charge in [0.05, 0.1) is 17.2 Å².